The molecule has 0 heterocycles. The van der Waals surface area contributed by atoms with Gasteiger partial charge in [-0.2, -0.15) is 5.10 Å². The van der Waals surface area contributed by atoms with E-state index in [-0.39, 0.29) is 11.7 Å². The van der Waals surface area contributed by atoms with Crippen LogP contribution in [0.1, 0.15) is 22.8 Å². The quantitative estimate of drug-likeness (QED) is 0.550. The fourth-order valence-electron chi connectivity index (χ4n) is 1.98. The number of hydrogen-bond acceptors (Lipinski definition) is 5. The van der Waals surface area contributed by atoms with Crippen LogP contribution >= 0.6 is 0 Å². The van der Waals surface area contributed by atoms with Crippen molar-refractivity contribution in [2.24, 2.45) is 5.10 Å². The lowest BCUT2D eigenvalue weighted by atomic mass is 10.2. The molecule has 0 aromatic heterocycles. The number of hydrogen-bond donors (Lipinski definition) is 3. The van der Waals surface area contributed by atoms with Gasteiger partial charge >= 0.3 is 0 Å². The summed E-state index contributed by atoms with van der Waals surface area (Å²) < 4.78 is 4.99. The number of hydrazone groups is 1. The van der Waals surface area contributed by atoms with Gasteiger partial charge in [0.05, 0.1) is 13.3 Å². The van der Waals surface area contributed by atoms with E-state index in [2.05, 4.69) is 15.8 Å². The Morgan fingerprint density at radius 2 is 1.92 bits per heavy atom. The van der Waals surface area contributed by atoms with Gasteiger partial charge in [-0.1, -0.05) is 18.2 Å². The van der Waals surface area contributed by atoms with Crippen LogP contribution in [0, 0.1) is 0 Å². The molecule has 3 N–H and O–H groups in total. The van der Waals surface area contributed by atoms with E-state index in [1.165, 1.54) is 19.4 Å². The number of benzene rings is 2. The molecule has 2 aromatic carbocycles. The van der Waals surface area contributed by atoms with Crippen LogP contribution in [0.3, 0.4) is 0 Å². The van der Waals surface area contributed by atoms with Crippen molar-refractivity contribution in [2.45, 2.75) is 13.0 Å². The maximum Gasteiger partial charge on any atom is 0.262 e. The first-order chi connectivity index (χ1) is 12.0. The van der Waals surface area contributed by atoms with Gasteiger partial charge in [0.15, 0.2) is 11.5 Å². The highest BCUT2D eigenvalue weighted by molar-refractivity contribution is 5.97. The van der Waals surface area contributed by atoms with Crippen molar-refractivity contribution in [2.75, 3.05) is 7.11 Å². The SMILES string of the molecule is COc1cc(/C=N\NC(=O)[C@H](C)NC(=O)c2ccccc2)ccc1O. The molecule has 2 amide bonds. The molecular formula is C18H19N3O4. The van der Waals surface area contributed by atoms with E-state index in [0.717, 1.165) is 0 Å². The fourth-order valence-corrected chi connectivity index (χ4v) is 1.98. The Kier molecular flexibility index (Phi) is 6.11. The van der Waals surface area contributed by atoms with E-state index in [1.807, 2.05) is 0 Å². The van der Waals surface area contributed by atoms with Crippen LogP contribution in [0.2, 0.25) is 0 Å². The van der Waals surface area contributed by atoms with E-state index in [4.69, 9.17) is 4.74 Å². The van der Waals surface area contributed by atoms with Crippen molar-refractivity contribution in [1.82, 2.24) is 10.7 Å². The van der Waals surface area contributed by atoms with Gasteiger partial charge in [-0.15, -0.1) is 0 Å². The monoisotopic (exact) mass is 341 g/mol. The van der Waals surface area contributed by atoms with Crippen molar-refractivity contribution >= 4 is 18.0 Å². The lowest BCUT2D eigenvalue weighted by Gasteiger charge is -2.12. The molecule has 0 aliphatic heterocycles. The van der Waals surface area contributed by atoms with Gasteiger partial charge in [0.25, 0.3) is 11.8 Å². The van der Waals surface area contributed by atoms with E-state index < -0.39 is 11.9 Å². The third kappa shape index (κ3) is 5.07. The minimum atomic E-state index is -0.751. The standard InChI is InChI=1S/C18H19N3O4/c1-12(20-18(24)14-6-4-3-5-7-14)17(23)21-19-11-13-8-9-15(22)16(10-13)25-2/h3-12,22H,1-2H3,(H,20,24)(H,21,23)/b19-11-/t12-/m0/s1. The lowest BCUT2D eigenvalue weighted by molar-refractivity contribution is -0.122. The van der Waals surface area contributed by atoms with Gasteiger partial charge in [-0.25, -0.2) is 5.43 Å². The number of nitrogens with zero attached hydrogens (tertiary/aromatic N) is 1. The number of aromatic hydroxyl groups is 1. The van der Waals surface area contributed by atoms with Crippen molar-refractivity contribution in [3.8, 4) is 11.5 Å². The van der Waals surface area contributed by atoms with Crippen LogP contribution in [-0.2, 0) is 4.79 Å². The van der Waals surface area contributed by atoms with Crippen LogP contribution in [0.15, 0.2) is 53.6 Å². The van der Waals surface area contributed by atoms with Crippen LogP contribution < -0.4 is 15.5 Å². The summed E-state index contributed by atoms with van der Waals surface area (Å²) >= 11 is 0. The van der Waals surface area contributed by atoms with Crippen molar-refractivity contribution in [1.29, 1.82) is 0 Å². The first kappa shape index (κ1) is 18.0. The van der Waals surface area contributed by atoms with Gasteiger partial charge in [-0.3, -0.25) is 9.59 Å². The summed E-state index contributed by atoms with van der Waals surface area (Å²) in [5, 5.41) is 15.9. The zero-order valence-corrected chi connectivity index (χ0v) is 13.9. The number of carbonyl (C=O) groups is 2. The average Bonchev–Trinajstić information content (AvgIpc) is 2.63. The summed E-state index contributed by atoms with van der Waals surface area (Å²) in [5.74, 6) is -0.471. The number of ether oxygens (including phenoxy) is 1. The molecule has 0 radical (unpaired) electrons. The van der Waals surface area contributed by atoms with Crippen LogP contribution in [0.25, 0.3) is 0 Å². The average molecular weight is 341 g/mol. The molecular weight excluding hydrogens is 322 g/mol. The topological polar surface area (TPSA) is 100 Å². The van der Waals surface area contributed by atoms with Crippen LogP contribution in [0.4, 0.5) is 0 Å². The fraction of sp³-hybridized carbons (Fsp3) is 0.167. The van der Waals surface area contributed by atoms with Gasteiger partial charge < -0.3 is 15.2 Å². The first-order valence-corrected chi connectivity index (χ1v) is 7.57. The molecule has 2 aromatic rings. The molecule has 7 nitrogen and oxygen atoms in total. The molecule has 1 atom stereocenters. The number of nitrogens with one attached hydrogen (secondary N) is 2. The second-order valence-electron chi connectivity index (χ2n) is 5.23. The smallest absolute Gasteiger partial charge is 0.262 e. The van der Waals surface area contributed by atoms with Gasteiger partial charge in [0, 0.05) is 5.56 Å². The zero-order valence-electron chi connectivity index (χ0n) is 13.9. The highest BCUT2D eigenvalue weighted by Crippen LogP contribution is 2.25. The Labute approximate surface area is 145 Å². The van der Waals surface area contributed by atoms with E-state index in [1.54, 1.807) is 49.4 Å². The molecule has 0 saturated carbocycles. The maximum atomic E-state index is 12.0. The van der Waals surface area contributed by atoms with Crippen molar-refractivity contribution in [3.05, 3.63) is 59.7 Å². The predicted molar refractivity (Wildman–Crippen MR) is 93.8 cm³/mol. The number of phenols is 1. The zero-order chi connectivity index (χ0) is 18.2. The Hall–Kier alpha value is -3.35. The highest BCUT2D eigenvalue weighted by Gasteiger charge is 2.15. The van der Waals surface area contributed by atoms with Gasteiger partial charge in [0.1, 0.15) is 6.04 Å². The summed E-state index contributed by atoms with van der Waals surface area (Å²) in [6.45, 7) is 1.56. The third-order valence-corrected chi connectivity index (χ3v) is 3.37. The summed E-state index contributed by atoms with van der Waals surface area (Å²) in [6.07, 6.45) is 1.41. The Morgan fingerprint density at radius 1 is 1.20 bits per heavy atom. The molecule has 0 aliphatic carbocycles. The number of amides is 2. The molecule has 7 heteroatoms. The first-order valence-electron chi connectivity index (χ1n) is 7.57. The second-order valence-corrected chi connectivity index (χ2v) is 5.23. The number of carbonyl (C=O) groups excluding carboxylic acids is 2. The number of methoxy groups -OCH3 is 1. The Morgan fingerprint density at radius 3 is 2.60 bits per heavy atom. The Balaban J connectivity index is 1.90. The Bertz CT molecular complexity index is 775. The van der Waals surface area contributed by atoms with Crippen molar-refractivity contribution < 1.29 is 19.4 Å². The molecule has 0 unspecified atom stereocenters. The summed E-state index contributed by atoms with van der Waals surface area (Å²) in [7, 11) is 1.44. The summed E-state index contributed by atoms with van der Waals surface area (Å²) in [6, 6.07) is 12.5. The lowest BCUT2D eigenvalue weighted by Crippen LogP contribution is -2.43. The predicted octanol–water partition coefficient (Wildman–Crippen LogP) is 1.67. The summed E-state index contributed by atoms with van der Waals surface area (Å²) in [5.41, 5.74) is 3.46. The van der Waals surface area contributed by atoms with Crippen LogP contribution in [0.5, 0.6) is 11.5 Å². The normalized spacial score (nSPS) is 11.8. The molecule has 2 rings (SSSR count). The second kappa shape index (κ2) is 8.49. The minimum absolute atomic E-state index is 0.0148. The third-order valence-electron chi connectivity index (χ3n) is 3.37. The molecule has 0 saturated heterocycles. The number of rotatable bonds is 6. The molecule has 0 aliphatic rings. The molecule has 130 valence electrons. The van der Waals surface area contributed by atoms with Crippen LogP contribution in [-0.4, -0.2) is 36.3 Å². The maximum absolute atomic E-state index is 12.0. The molecule has 0 fully saturated rings. The van der Waals surface area contributed by atoms with E-state index in [9.17, 15) is 14.7 Å². The molecule has 25 heavy (non-hydrogen) atoms. The number of phenolic OH excluding ortho intramolecular Hbond substituents is 1. The van der Waals surface area contributed by atoms with Gasteiger partial charge in [-0.05, 0) is 42.8 Å². The van der Waals surface area contributed by atoms with Crippen molar-refractivity contribution in [3.63, 3.8) is 0 Å². The van der Waals surface area contributed by atoms with E-state index >= 15 is 0 Å². The summed E-state index contributed by atoms with van der Waals surface area (Å²) in [4.78, 5) is 24.0. The van der Waals surface area contributed by atoms with E-state index in [0.29, 0.717) is 16.9 Å². The minimum Gasteiger partial charge on any atom is -0.504 e. The highest BCUT2D eigenvalue weighted by atomic mass is 16.5. The molecule has 0 bridgehead atoms. The molecule has 0 spiro atoms. The largest absolute Gasteiger partial charge is 0.504 e. The van der Waals surface area contributed by atoms with Gasteiger partial charge in [0.2, 0.25) is 0 Å².